The molecule has 7 heteroatoms. The summed E-state index contributed by atoms with van der Waals surface area (Å²) in [6, 6.07) is 8.40. The fraction of sp³-hybridized carbons (Fsp3) is 0.0769. The van der Waals surface area contributed by atoms with Gasteiger partial charge >= 0.3 is 0 Å². The minimum Gasteiger partial charge on any atom is -0.454 e. The molecule has 0 aromatic heterocycles. The van der Waals surface area contributed by atoms with E-state index >= 15 is 0 Å². The molecule has 2 aromatic rings. The van der Waals surface area contributed by atoms with Crippen molar-refractivity contribution in [1.82, 2.24) is 0 Å². The number of ether oxygens (including phenoxy) is 2. The number of halogens is 1. The van der Waals surface area contributed by atoms with Crippen LogP contribution in [0.5, 0.6) is 11.5 Å². The minimum absolute atomic E-state index is 0.157. The zero-order valence-electron chi connectivity index (χ0n) is 10.1. The number of anilines is 2. The lowest BCUT2D eigenvalue weighted by Crippen LogP contribution is -1.95. The molecule has 1 aliphatic rings. The van der Waals surface area contributed by atoms with E-state index in [4.69, 9.17) is 9.47 Å². The van der Waals surface area contributed by atoms with Gasteiger partial charge in [0.05, 0.1) is 11.0 Å². The molecule has 1 N–H and O–H groups in total. The summed E-state index contributed by atoms with van der Waals surface area (Å²) in [6.45, 7) is 0.157. The van der Waals surface area contributed by atoms with Crippen LogP contribution < -0.4 is 14.8 Å². The second kappa shape index (κ2) is 4.69. The van der Waals surface area contributed by atoms with Gasteiger partial charge in [-0.3, -0.25) is 10.1 Å². The van der Waals surface area contributed by atoms with E-state index in [-0.39, 0.29) is 18.2 Å². The van der Waals surface area contributed by atoms with Crippen LogP contribution in [0.25, 0.3) is 0 Å². The van der Waals surface area contributed by atoms with Gasteiger partial charge in [0, 0.05) is 23.5 Å². The van der Waals surface area contributed by atoms with Crippen LogP contribution in [0.15, 0.2) is 36.4 Å². The summed E-state index contributed by atoms with van der Waals surface area (Å²) in [7, 11) is 0. The van der Waals surface area contributed by atoms with Crippen LogP contribution in [0.3, 0.4) is 0 Å². The number of nitrogens with zero attached hydrogens (tertiary/aromatic N) is 1. The summed E-state index contributed by atoms with van der Waals surface area (Å²) in [6.07, 6.45) is 0. The molecule has 0 aliphatic carbocycles. The van der Waals surface area contributed by atoms with E-state index in [2.05, 4.69) is 5.32 Å². The fourth-order valence-electron chi connectivity index (χ4n) is 1.89. The van der Waals surface area contributed by atoms with Gasteiger partial charge in [-0.05, 0) is 18.2 Å². The third-order valence-electron chi connectivity index (χ3n) is 2.75. The Balaban J connectivity index is 1.89. The fourth-order valence-corrected chi connectivity index (χ4v) is 1.89. The maximum atomic E-state index is 13.3. The molecule has 0 saturated heterocycles. The van der Waals surface area contributed by atoms with E-state index in [0.29, 0.717) is 17.2 Å². The highest BCUT2D eigenvalue weighted by molar-refractivity contribution is 5.65. The average molecular weight is 276 g/mol. The van der Waals surface area contributed by atoms with Gasteiger partial charge in [0.25, 0.3) is 5.69 Å². The van der Waals surface area contributed by atoms with Crippen molar-refractivity contribution >= 4 is 17.1 Å². The molecule has 1 aliphatic heterocycles. The Morgan fingerprint density at radius 2 is 1.90 bits per heavy atom. The Morgan fingerprint density at radius 1 is 1.10 bits per heavy atom. The monoisotopic (exact) mass is 276 g/mol. The zero-order valence-corrected chi connectivity index (χ0v) is 10.1. The van der Waals surface area contributed by atoms with Gasteiger partial charge in [-0.2, -0.15) is 0 Å². The standard InChI is InChI=1S/C13H9FN2O4/c14-8-3-10(5-11(4-8)16(17)18)15-9-1-2-12-13(6-9)20-7-19-12/h1-6,15H,7H2. The lowest BCUT2D eigenvalue weighted by Gasteiger charge is -2.07. The van der Waals surface area contributed by atoms with Crippen LogP contribution >= 0.6 is 0 Å². The highest BCUT2D eigenvalue weighted by Crippen LogP contribution is 2.35. The molecular weight excluding hydrogens is 267 g/mol. The first-order chi connectivity index (χ1) is 9.61. The molecule has 1 heterocycles. The molecule has 0 unspecified atom stereocenters. The molecule has 0 radical (unpaired) electrons. The molecule has 0 bridgehead atoms. The molecular formula is C13H9FN2O4. The summed E-state index contributed by atoms with van der Waals surface area (Å²) in [5, 5.41) is 13.6. The third kappa shape index (κ3) is 2.33. The van der Waals surface area contributed by atoms with Gasteiger partial charge in [-0.25, -0.2) is 4.39 Å². The van der Waals surface area contributed by atoms with E-state index in [1.807, 2.05) is 0 Å². The summed E-state index contributed by atoms with van der Waals surface area (Å²) < 4.78 is 23.7. The van der Waals surface area contributed by atoms with E-state index in [1.165, 1.54) is 12.1 Å². The maximum Gasteiger partial charge on any atom is 0.274 e. The van der Waals surface area contributed by atoms with Gasteiger partial charge in [-0.1, -0.05) is 0 Å². The third-order valence-corrected chi connectivity index (χ3v) is 2.75. The van der Waals surface area contributed by atoms with Crippen LogP contribution in [0.2, 0.25) is 0 Å². The molecule has 2 aromatic carbocycles. The van der Waals surface area contributed by atoms with Crippen molar-refractivity contribution in [2.24, 2.45) is 0 Å². The molecule has 6 nitrogen and oxygen atoms in total. The number of non-ortho nitro benzene ring substituents is 1. The number of hydrogen-bond acceptors (Lipinski definition) is 5. The van der Waals surface area contributed by atoms with Gasteiger partial charge in [0.15, 0.2) is 11.5 Å². The van der Waals surface area contributed by atoms with Gasteiger partial charge in [0.2, 0.25) is 6.79 Å². The van der Waals surface area contributed by atoms with Crippen molar-refractivity contribution in [3.05, 3.63) is 52.3 Å². The van der Waals surface area contributed by atoms with Crippen molar-refractivity contribution in [1.29, 1.82) is 0 Å². The second-order valence-electron chi connectivity index (χ2n) is 4.15. The number of fused-ring (bicyclic) bond motifs is 1. The molecule has 0 spiro atoms. The zero-order chi connectivity index (χ0) is 14.1. The largest absolute Gasteiger partial charge is 0.454 e. The molecule has 0 saturated carbocycles. The van der Waals surface area contributed by atoms with E-state index < -0.39 is 10.7 Å². The van der Waals surface area contributed by atoms with Crippen LogP contribution in [-0.2, 0) is 0 Å². The van der Waals surface area contributed by atoms with Crippen LogP contribution in [0, 0.1) is 15.9 Å². The minimum atomic E-state index is -0.678. The first-order valence-corrected chi connectivity index (χ1v) is 5.73. The van der Waals surface area contributed by atoms with Crippen molar-refractivity contribution in [2.75, 3.05) is 12.1 Å². The first-order valence-electron chi connectivity index (χ1n) is 5.73. The Bertz CT molecular complexity index is 690. The van der Waals surface area contributed by atoms with Crippen molar-refractivity contribution in [2.45, 2.75) is 0 Å². The van der Waals surface area contributed by atoms with Crippen molar-refractivity contribution < 1.29 is 18.8 Å². The Morgan fingerprint density at radius 3 is 2.70 bits per heavy atom. The van der Waals surface area contributed by atoms with Gasteiger partial charge in [-0.15, -0.1) is 0 Å². The summed E-state index contributed by atoms with van der Waals surface area (Å²) >= 11 is 0. The molecule has 3 rings (SSSR count). The highest BCUT2D eigenvalue weighted by Gasteiger charge is 2.14. The summed E-state index contributed by atoms with van der Waals surface area (Å²) in [5.74, 6) is 0.518. The molecule has 0 fully saturated rings. The van der Waals surface area contributed by atoms with E-state index in [0.717, 1.165) is 6.07 Å². The van der Waals surface area contributed by atoms with Crippen molar-refractivity contribution in [3.63, 3.8) is 0 Å². The summed E-state index contributed by atoms with van der Waals surface area (Å²) in [4.78, 5) is 10.0. The predicted molar refractivity (Wildman–Crippen MR) is 68.9 cm³/mol. The topological polar surface area (TPSA) is 73.6 Å². The molecule has 0 amide bonds. The normalized spacial score (nSPS) is 12.2. The number of hydrogen-bond donors (Lipinski definition) is 1. The molecule has 102 valence electrons. The van der Waals surface area contributed by atoms with E-state index in [9.17, 15) is 14.5 Å². The average Bonchev–Trinajstić information content (AvgIpc) is 2.85. The number of rotatable bonds is 3. The van der Waals surface area contributed by atoms with E-state index in [1.54, 1.807) is 18.2 Å². The van der Waals surface area contributed by atoms with Crippen LogP contribution in [0.4, 0.5) is 21.5 Å². The predicted octanol–water partition coefficient (Wildman–Crippen LogP) is 3.21. The second-order valence-corrected chi connectivity index (χ2v) is 4.15. The first kappa shape index (κ1) is 12.2. The number of nitro groups is 1. The Kier molecular flexibility index (Phi) is 2.86. The van der Waals surface area contributed by atoms with Crippen LogP contribution in [-0.4, -0.2) is 11.7 Å². The Hall–Kier alpha value is -2.83. The molecule has 0 atom stereocenters. The van der Waals surface area contributed by atoms with Crippen molar-refractivity contribution in [3.8, 4) is 11.5 Å². The molecule has 20 heavy (non-hydrogen) atoms. The lowest BCUT2D eigenvalue weighted by molar-refractivity contribution is -0.385. The van der Waals surface area contributed by atoms with Crippen LogP contribution in [0.1, 0.15) is 0 Å². The number of nitrogens with one attached hydrogen (secondary N) is 1. The van der Waals surface area contributed by atoms with Gasteiger partial charge < -0.3 is 14.8 Å². The van der Waals surface area contributed by atoms with Gasteiger partial charge in [0.1, 0.15) is 5.82 Å². The smallest absolute Gasteiger partial charge is 0.274 e. The number of nitro benzene ring substituents is 1. The Labute approximate surface area is 112 Å². The lowest BCUT2D eigenvalue weighted by atomic mass is 10.2. The SMILES string of the molecule is O=[N+]([O-])c1cc(F)cc(Nc2ccc3c(c2)OCO3)c1. The highest BCUT2D eigenvalue weighted by atomic mass is 19.1. The maximum absolute atomic E-state index is 13.3. The quantitative estimate of drug-likeness (QED) is 0.688. The number of benzene rings is 2. The summed E-state index contributed by atoms with van der Waals surface area (Å²) in [5.41, 5.74) is 0.595.